The second kappa shape index (κ2) is 8.43. The van der Waals surface area contributed by atoms with Crippen molar-refractivity contribution >= 4 is 21.4 Å². The molecule has 1 atom stereocenters. The van der Waals surface area contributed by atoms with Crippen LogP contribution in [0.4, 0.5) is 0 Å². The first kappa shape index (κ1) is 15.5. The zero-order valence-electron chi connectivity index (χ0n) is 12.7. The predicted octanol–water partition coefficient (Wildman–Crippen LogP) is 5.82. The van der Waals surface area contributed by atoms with Crippen LogP contribution in [0.1, 0.15) is 51.5 Å². The Labute approximate surface area is 127 Å². The van der Waals surface area contributed by atoms with Gasteiger partial charge in [0.15, 0.2) is 0 Å². The Hall–Kier alpha value is -0.860. The zero-order chi connectivity index (χ0) is 14.2. The number of hydrogen-bond donors (Lipinski definition) is 0. The Bertz CT molecular complexity index is 503. The first-order valence-corrected chi connectivity index (χ1v) is 8.76. The SMILES string of the molecule is CCCCC(C)OCCCCc1csc2ccccc12. The molecule has 1 aromatic heterocycles. The quantitative estimate of drug-likeness (QED) is 0.529. The molecule has 1 heterocycles. The summed E-state index contributed by atoms with van der Waals surface area (Å²) in [6.45, 7) is 5.34. The average Bonchev–Trinajstić information content (AvgIpc) is 2.88. The van der Waals surface area contributed by atoms with E-state index < -0.39 is 0 Å². The van der Waals surface area contributed by atoms with Gasteiger partial charge in [0, 0.05) is 11.3 Å². The van der Waals surface area contributed by atoms with Gasteiger partial charge in [-0.3, -0.25) is 0 Å². The molecule has 0 spiro atoms. The van der Waals surface area contributed by atoms with Gasteiger partial charge in [0.2, 0.25) is 0 Å². The van der Waals surface area contributed by atoms with Crippen molar-refractivity contribution in [3.63, 3.8) is 0 Å². The van der Waals surface area contributed by atoms with Crippen LogP contribution in [0.25, 0.3) is 10.1 Å². The summed E-state index contributed by atoms with van der Waals surface area (Å²) in [5, 5.41) is 3.75. The topological polar surface area (TPSA) is 9.23 Å². The third kappa shape index (κ3) is 4.60. The fourth-order valence-electron chi connectivity index (χ4n) is 2.50. The number of benzene rings is 1. The minimum absolute atomic E-state index is 0.428. The molecule has 20 heavy (non-hydrogen) atoms. The number of aryl methyl sites for hydroxylation is 1. The highest BCUT2D eigenvalue weighted by Crippen LogP contribution is 2.26. The van der Waals surface area contributed by atoms with Crippen molar-refractivity contribution in [3.8, 4) is 0 Å². The Morgan fingerprint density at radius 2 is 2.00 bits per heavy atom. The van der Waals surface area contributed by atoms with Gasteiger partial charge in [0.1, 0.15) is 0 Å². The maximum Gasteiger partial charge on any atom is 0.0547 e. The van der Waals surface area contributed by atoms with Crippen molar-refractivity contribution in [1.82, 2.24) is 0 Å². The van der Waals surface area contributed by atoms with Crippen molar-refractivity contribution in [1.29, 1.82) is 0 Å². The van der Waals surface area contributed by atoms with E-state index in [1.54, 1.807) is 0 Å². The summed E-state index contributed by atoms with van der Waals surface area (Å²) in [4.78, 5) is 0. The lowest BCUT2D eigenvalue weighted by molar-refractivity contribution is 0.0564. The molecule has 110 valence electrons. The fraction of sp³-hybridized carbons (Fsp3) is 0.556. The van der Waals surface area contributed by atoms with E-state index in [1.165, 1.54) is 54.2 Å². The minimum atomic E-state index is 0.428. The highest BCUT2D eigenvalue weighted by molar-refractivity contribution is 7.17. The molecule has 2 aromatic rings. The fourth-order valence-corrected chi connectivity index (χ4v) is 3.50. The monoisotopic (exact) mass is 290 g/mol. The molecule has 0 fully saturated rings. The maximum atomic E-state index is 5.85. The molecular formula is C18H26OS. The van der Waals surface area contributed by atoms with Gasteiger partial charge >= 0.3 is 0 Å². The van der Waals surface area contributed by atoms with Crippen LogP contribution >= 0.6 is 11.3 Å². The van der Waals surface area contributed by atoms with E-state index in [1.807, 2.05) is 11.3 Å². The molecule has 0 bridgehead atoms. The van der Waals surface area contributed by atoms with Gasteiger partial charge < -0.3 is 4.74 Å². The molecule has 2 heteroatoms. The summed E-state index contributed by atoms with van der Waals surface area (Å²) in [5.41, 5.74) is 1.50. The van der Waals surface area contributed by atoms with Gasteiger partial charge in [0.05, 0.1) is 6.10 Å². The average molecular weight is 290 g/mol. The predicted molar refractivity (Wildman–Crippen MR) is 89.7 cm³/mol. The van der Waals surface area contributed by atoms with E-state index in [-0.39, 0.29) is 0 Å². The summed E-state index contributed by atoms with van der Waals surface area (Å²) in [6.07, 6.45) is 7.74. The molecule has 0 aliphatic heterocycles. The van der Waals surface area contributed by atoms with Crippen LogP contribution in [0.15, 0.2) is 29.6 Å². The Morgan fingerprint density at radius 1 is 1.15 bits per heavy atom. The standard InChI is InChI=1S/C18H26OS/c1-3-4-9-15(2)19-13-8-7-10-16-14-20-18-12-6-5-11-17(16)18/h5-6,11-12,14-15H,3-4,7-10,13H2,1-2H3. The maximum absolute atomic E-state index is 5.85. The van der Waals surface area contributed by atoms with Crippen molar-refractivity contribution in [2.75, 3.05) is 6.61 Å². The lowest BCUT2D eigenvalue weighted by Crippen LogP contribution is -2.09. The number of ether oxygens (including phenoxy) is 1. The third-order valence-corrected chi connectivity index (χ3v) is 4.78. The number of fused-ring (bicyclic) bond motifs is 1. The molecule has 0 N–H and O–H groups in total. The van der Waals surface area contributed by atoms with E-state index in [0.29, 0.717) is 6.10 Å². The van der Waals surface area contributed by atoms with Crippen LogP contribution in [-0.2, 0) is 11.2 Å². The van der Waals surface area contributed by atoms with E-state index in [4.69, 9.17) is 4.74 Å². The van der Waals surface area contributed by atoms with Gasteiger partial charge in [-0.05, 0) is 55.0 Å². The second-order valence-electron chi connectivity index (χ2n) is 5.54. The van der Waals surface area contributed by atoms with Crippen LogP contribution in [0.3, 0.4) is 0 Å². The second-order valence-corrected chi connectivity index (χ2v) is 6.45. The molecule has 0 amide bonds. The Kier molecular flexibility index (Phi) is 6.55. The van der Waals surface area contributed by atoms with Crippen LogP contribution in [-0.4, -0.2) is 12.7 Å². The summed E-state index contributed by atoms with van der Waals surface area (Å²) >= 11 is 1.86. The molecule has 0 aliphatic rings. The molecule has 2 rings (SSSR count). The molecule has 1 unspecified atom stereocenters. The Balaban J connectivity index is 1.66. The third-order valence-electron chi connectivity index (χ3n) is 3.77. The van der Waals surface area contributed by atoms with Crippen molar-refractivity contribution in [2.24, 2.45) is 0 Å². The number of thiophene rings is 1. The summed E-state index contributed by atoms with van der Waals surface area (Å²) in [7, 11) is 0. The molecule has 0 aliphatic carbocycles. The van der Waals surface area contributed by atoms with Crippen LogP contribution in [0.5, 0.6) is 0 Å². The highest BCUT2D eigenvalue weighted by atomic mass is 32.1. The zero-order valence-corrected chi connectivity index (χ0v) is 13.5. The summed E-state index contributed by atoms with van der Waals surface area (Å²) in [5.74, 6) is 0. The number of unbranched alkanes of at least 4 members (excludes halogenated alkanes) is 2. The lowest BCUT2D eigenvalue weighted by Gasteiger charge is -2.12. The largest absolute Gasteiger partial charge is 0.379 e. The molecule has 0 saturated heterocycles. The minimum Gasteiger partial charge on any atom is -0.379 e. The van der Waals surface area contributed by atoms with Gasteiger partial charge in [-0.1, -0.05) is 38.0 Å². The molecule has 1 nitrogen and oxygen atoms in total. The first-order valence-electron chi connectivity index (χ1n) is 7.88. The van der Waals surface area contributed by atoms with Crippen LogP contribution in [0, 0.1) is 0 Å². The number of hydrogen-bond acceptors (Lipinski definition) is 2. The van der Waals surface area contributed by atoms with Gasteiger partial charge in [-0.2, -0.15) is 0 Å². The smallest absolute Gasteiger partial charge is 0.0547 e. The van der Waals surface area contributed by atoms with Crippen molar-refractivity contribution in [3.05, 3.63) is 35.2 Å². The normalized spacial score (nSPS) is 12.9. The molecule has 0 saturated carbocycles. The lowest BCUT2D eigenvalue weighted by atomic mass is 10.1. The Morgan fingerprint density at radius 3 is 2.85 bits per heavy atom. The van der Waals surface area contributed by atoms with Crippen molar-refractivity contribution in [2.45, 2.75) is 58.5 Å². The van der Waals surface area contributed by atoms with E-state index in [0.717, 1.165) is 6.61 Å². The van der Waals surface area contributed by atoms with Gasteiger partial charge in [-0.25, -0.2) is 0 Å². The highest BCUT2D eigenvalue weighted by Gasteiger charge is 2.04. The number of rotatable bonds is 9. The van der Waals surface area contributed by atoms with Gasteiger partial charge in [-0.15, -0.1) is 11.3 Å². The molecule has 0 radical (unpaired) electrons. The van der Waals surface area contributed by atoms with Gasteiger partial charge in [0.25, 0.3) is 0 Å². The van der Waals surface area contributed by atoms with E-state index in [9.17, 15) is 0 Å². The van der Waals surface area contributed by atoms with E-state index >= 15 is 0 Å². The van der Waals surface area contributed by atoms with Crippen molar-refractivity contribution < 1.29 is 4.74 Å². The van der Waals surface area contributed by atoms with E-state index in [2.05, 4.69) is 43.5 Å². The van der Waals surface area contributed by atoms with Crippen LogP contribution < -0.4 is 0 Å². The first-order chi connectivity index (χ1) is 9.81. The molecule has 1 aromatic carbocycles. The molecular weight excluding hydrogens is 264 g/mol. The van der Waals surface area contributed by atoms with Crippen LogP contribution in [0.2, 0.25) is 0 Å². The summed E-state index contributed by atoms with van der Waals surface area (Å²) in [6, 6.07) is 8.71. The summed E-state index contributed by atoms with van der Waals surface area (Å²) < 4.78 is 7.26.